The molecule has 0 aliphatic rings. The average Bonchev–Trinajstić information content (AvgIpc) is 2.66. The van der Waals surface area contributed by atoms with Crippen molar-refractivity contribution >= 4 is 29.5 Å². The minimum atomic E-state index is -0.504. The smallest absolute Gasteiger partial charge is 0.267 e. The number of nitrogens with one attached hydrogen (secondary N) is 3. The number of aliphatic hydroxyl groups excluding tert-OH is 1. The zero-order chi connectivity index (χ0) is 19.6. The normalized spacial score (nSPS) is 10.8. The molecule has 0 spiro atoms. The highest BCUT2D eigenvalue weighted by atomic mass is 16.3. The number of rotatable bonds is 7. The molecule has 0 aliphatic carbocycles. The number of hydrogen-bond acceptors (Lipinski definition) is 4. The first kappa shape index (κ1) is 19.9. The predicted molar refractivity (Wildman–Crippen MR) is 103 cm³/mol. The Hall–Kier alpha value is -3.45. The van der Waals surface area contributed by atoms with E-state index in [4.69, 9.17) is 5.11 Å². The van der Waals surface area contributed by atoms with Crippen molar-refractivity contribution in [2.75, 3.05) is 18.5 Å². The molecular formula is C20H21N3O4. The number of hydrogen-bond donors (Lipinski definition) is 4. The molecule has 0 radical (unpaired) electrons. The Balaban J connectivity index is 2.18. The number of benzene rings is 2. The summed E-state index contributed by atoms with van der Waals surface area (Å²) in [6.07, 6.45) is 1.55. The van der Waals surface area contributed by atoms with E-state index in [1.807, 2.05) is 18.2 Å². The highest BCUT2D eigenvalue weighted by molar-refractivity contribution is 6.05. The van der Waals surface area contributed by atoms with Crippen molar-refractivity contribution in [3.05, 3.63) is 71.4 Å². The van der Waals surface area contributed by atoms with Gasteiger partial charge in [0.25, 0.3) is 11.8 Å². The van der Waals surface area contributed by atoms with E-state index in [1.54, 1.807) is 42.5 Å². The molecule has 0 heterocycles. The summed E-state index contributed by atoms with van der Waals surface area (Å²) >= 11 is 0. The molecule has 0 aromatic heterocycles. The summed E-state index contributed by atoms with van der Waals surface area (Å²) in [5.74, 6) is -1.18. The van der Waals surface area contributed by atoms with Crippen molar-refractivity contribution in [3.63, 3.8) is 0 Å². The van der Waals surface area contributed by atoms with Gasteiger partial charge in [-0.1, -0.05) is 30.3 Å². The fourth-order valence-corrected chi connectivity index (χ4v) is 2.24. The number of amides is 3. The van der Waals surface area contributed by atoms with Gasteiger partial charge in [0.05, 0.1) is 6.61 Å². The third-order valence-electron chi connectivity index (χ3n) is 3.47. The first-order valence-corrected chi connectivity index (χ1v) is 8.34. The number of anilines is 1. The molecule has 0 saturated heterocycles. The van der Waals surface area contributed by atoms with Crippen LogP contribution in [-0.2, 0) is 9.59 Å². The molecule has 2 aromatic rings. The molecule has 140 valence electrons. The summed E-state index contributed by atoms with van der Waals surface area (Å²) in [4.78, 5) is 35.8. The summed E-state index contributed by atoms with van der Waals surface area (Å²) in [5, 5.41) is 16.6. The van der Waals surface area contributed by atoms with Crippen molar-refractivity contribution in [1.29, 1.82) is 0 Å². The van der Waals surface area contributed by atoms with Gasteiger partial charge < -0.3 is 21.1 Å². The first-order chi connectivity index (χ1) is 13.0. The maximum atomic E-state index is 12.5. The molecule has 2 aromatic carbocycles. The third-order valence-corrected chi connectivity index (χ3v) is 3.47. The average molecular weight is 367 g/mol. The second-order valence-electron chi connectivity index (χ2n) is 5.66. The van der Waals surface area contributed by atoms with E-state index >= 15 is 0 Å². The Labute approximate surface area is 157 Å². The summed E-state index contributed by atoms with van der Waals surface area (Å²) < 4.78 is 0. The zero-order valence-corrected chi connectivity index (χ0v) is 14.9. The lowest BCUT2D eigenvalue weighted by Gasteiger charge is -2.11. The van der Waals surface area contributed by atoms with Gasteiger partial charge in [-0.3, -0.25) is 14.4 Å². The molecule has 4 N–H and O–H groups in total. The van der Waals surface area contributed by atoms with Crippen LogP contribution in [0, 0.1) is 0 Å². The largest absolute Gasteiger partial charge is 0.395 e. The second-order valence-corrected chi connectivity index (χ2v) is 5.66. The Bertz CT molecular complexity index is 830. The fourth-order valence-electron chi connectivity index (χ4n) is 2.24. The minimum absolute atomic E-state index is 0.0607. The van der Waals surface area contributed by atoms with E-state index in [-0.39, 0.29) is 24.8 Å². The van der Waals surface area contributed by atoms with Gasteiger partial charge in [-0.2, -0.15) is 0 Å². The van der Waals surface area contributed by atoms with E-state index in [9.17, 15) is 14.4 Å². The number of aliphatic hydroxyl groups is 1. The van der Waals surface area contributed by atoms with Gasteiger partial charge in [0, 0.05) is 24.7 Å². The molecule has 2 rings (SSSR count). The molecule has 7 nitrogen and oxygen atoms in total. The lowest BCUT2D eigenvalue weighted by molar-refractivity contribution is -0.118. The van der Waals surface area contributed by atoms with Gasteiger partial charge in [-0.05, 0) is 35.9 Å². The van der Waals surface area contributed by atoms with Crippen molar-refractivity contribution in [3.8, 4) is 0 Å². The van der Waals surface area contributed by atoms with Crippen LogP contribution in [0.3, 0.4) is 0 Å². The van der Waals surface area contributed by atoms with Crippen LogP contribution < -0.4 is 16.0 Å². The van der Waals surface area contributed by atoms with E-state index in [2.05, 4.69) is 16.0 Å². The maximum Gasteiger partial charge on any atom is 0.267 e. The molecular weight excluding hydrogens is 346 g/mol. The summed E-state index contributed by atoms with van der Waals surface area (Å²) in [6.45, 7) is 1.27. The van der Waals surface area contributed by atoms with Crippen LogP contribution in [-0.4, -0.2) is 36.0 Å². The first-order valence-electron chi connectivity index (χ1n) is 8.34. The number of carbonyl (C=O) groups is 3. The third kappa shape index (κ3) is 6.41. The predicted octanol–water partition coefficient (Wildman–Crippen LogP) is 1.52. The summed E-state index contributed by atoms with van der Waals surface area (Å²) in [7, 11) is 0. The Morgan fingerprint density at radius 3 is 2.26 bits per heavy atom. The number of carbonyl (C=O) groups excluding carboxylic acids is 3. The van der Waals surface area contributed by atoms with Crippen LogP contribution in [0.2, 0.25) is 0 Å². The Morgan fingerprint density at radius 1 is 1.00 bits per heavy atom. The molecule has 0 aliphatic heterocycles. The van der Waals surface area contributed by atoms with Crippen molar-refractivity contribution in [2.45, 2.75) is 6.92 Å². The molecule has 27 heavy (non-hydrogen) atoms. The van der Waals surface area contributed by atoms with Crippen LogP contribution in [0.15, 0.2) is 60.3 Å². The van der Waals surface area contributed by atoms with E-state index < -0.39 is 11.8 Å². The standard InChI is InChI=1S/C20H21N3O4/c1-14(25)22-17-9-7-16(8-10-17)19(26)23-18(20(27)21-11-12-24)13-15-5-3-2-4-6-15/h2-10,13,24H,11-12H2,1H3,(H,21,27)(H,22,25)(H,23,26). The highest BCUT2D eigenvalue weighted by Gasteiger charge is 2.14. The Morgan fingerprint density at radius 2 is 1.67 bits per heavy atom. The molecule has 0 bridgehead atoms. The van der Waals surface area contributed by atoms with E-state index in [0.29, 0.717) is 11.3 Å². The zero-order valence-electron chi connectivity index (χ0n) is 14.9. The van der Waals surface area contributed by atoms with Crippen LogP contribution in [0.1, 0.15) is 22.8 Å². The lowest BCUT2D eigenvalue weighted by atomic mass is 10.1. The highest BCUT2D eigenvalue weighted by Crippen LogP contribution is 2.11. The van der Waals surface area contributed by atoms with E-state index in [0.717, 1.165) is 5.56 Å². The van der Waals surface area contributed by atoms with E-state index in [1.165, 1.54) is 6.92 Å². The van der Waals surface area contributed by atoms with Gasteiger partial charge in [0.1, 0.15) is 5.70 Å². The van der Waals surface area contributed by atoms with Gasteiger partial charge >= 0.3 is 0 Å². The Kier molecular flexibility index (Phi) is 7.27. The lowest BCUT2D eigenvalue weighted by Crippen LogP contribution is -2.36. The monoisotopic (exact) mass is 367 g/mol. The topological polar surface area (TPSA) is 108 Å². The molecule has 0 fully saturated rings. The molecule has 3 amide bonds. The van der Waals surface area contributed by atoms with Crippen molar-refractivity contribution in [1.82, 2.24) is 10.6 Å². The van der Waals surface area contributed by atoms with Gasteiger partial charge in [0.2, 0.25) is 5.91 Å². The summed E-state index contributed by atoms with van der Waals surface area (Å²) in [6, 6.07) is 15.4. The van der Waals surface area contributed by atoms with Crippen molar-refractivity contribution in [2.24, 2.45) is 0 Å². The maximum absolute atomic E-state index is 12.5. The van der Waals surface area contributed by atoms with Crippen LogP contribution in [0.4, 0.5) is 5.69 Å². The second kappa shape index (κ2) is 9.88. The summed E-state index contributed by atoms with van der Waals surface area (Å²) in [5.41, 5.74) is 1.70. The van der Waals surface area contributed by atoms with Gasteiger partial charge in [0.15, 0.2) is 0 Å². The fraction of sp³-hybridized carbons (Fsp3) is 0.150. The quantitative estimate of drug-likeness (QED) is 0.557. The van der Waals surface area contributed by atoms with Gasteiger partial charge in [-0.25, -0.2) is 0 Å². The van der Waals surface area contributed by atoms with Crippen LogP contribution >= 0.6 is 0 Å². The van der Waals surface area contributed by atoms with Crippen LogP contribution in [0.5, 0.6) is 0 Å². The van der Waals surface area contributed by atoms with Gasteiger partial charge in [-0.15, -0.1) is 0 Å². The molecule has 0 saturated carbocycles. The molecule has 0 unspecified atom stereocenters. The molecule has 7 heteroatoms. The van der Waals surface area contributed by atoms with Crippen molar-refractivity contribution < 1.29 is 19.5 Å². The SMILES string of the molecule is CC(=O)Nc1ccc(C(=O)NC(=Cc2ccccc2)C(=O)NCCO)cc1. The molecule has 0 atom stereocenters. The van der Waals surface area contributed by atoms with Crippen LogP contribution in [0.25, 0.3) is 6.08 Å². The minimum Gasteiger partial charge on any atom is -0.395 e.